The first-order valence-electron chi connectivity index (χ1n) is 7.34. The number of carboxylic acid groups (broad SMARTS) is 1. The highest BCUT2D eigenvalue weighted by Gasteiger charge is 2.14. The van der Waals surface area contributed by atoms with E-state index in [9.17, 15) is 4.79 Å². The van der Waals surface area contributed by atoms with Gasteiger partial charge in [0.15, 0.2) is 11.3 Å². The molecule has 0 atom stereocenters. The minimum Gasteiger partial charge on any atom is -0.497 e. The van der Waals surface area contributed by atoms with Gasteiger partial charge in [-0.1, -0.05) is 19.1 Å². The fourth-order valence-electron chi connectivity index (χ4n) is 2.52. The fraction of sp³-hybridized carbons (Fsp3) is 0.235. The summed E-state index contributed by atoms with van der Waals surface area (Å²) in [6, 6.07) is 10.9. The Labute approximate surface area is 133 Å². The van der Waals surface area contributed by atoms with E-state index in [0.29, 0.717) is 17.7 Å². The van der Waals surface area contributed by atoms with Crippen LogP contribution in [0, 0.1) is 0 Å². The van der Waals surface area contributed by atoms with Gasteiger partial charge in [-0.25, -0.2) is 14.8 Å². The Morgan fingerprint density at radius 1 is 1.17 bits per heavy atom. The van der Waals surface area contributed by atoms with Crippen molar-refractivity contribution in [2.45, 2.75) is 19.9 Å². The number of carboxylic acids is 1. The van der Waals surface area contributed by atoms with Gasteiger partial charge in [0.2, 0.25) is 0 Å². The van der Waals surface area contributed by atoms with Gasteiger partial charge in [0.25, 0.3) is 0 Å². The number of hydrogen-bond acceptors (Lipinski definition) is 4. The summed E-state index contributed by atoms with van der Waals surface area (Å²) < 4.78 is 7.13. The van der Waals surface area contributed by atoms with Crippen molar-refractivity contribution in [3.8, 4) is 5.75 Å². The highest BCUT2D eigenvalue weighted by atomic mass is 16.5. The molecule has 0 bridgehead atoms. The van der Waals surface area contributed by atoms with Crippen LogP contribution in [0.3, 0.4) is 0 Å². The van der Waals surface area contributed by atoms with E-state index in [0.717, 1.165) is 23.6 Å². The summed E-state index contributed by atoms with van der Waals surface area (Å²) in [5, 5.41) is 9.14. The Morgan fingerprint density at radius 2 is 1.91 bits per heavy atom. The number of hydrogen-bond donors (Lipinski definition) is 1. The van der Waals surface area contributed by atoms with Crippen molar-refractivity contribution < 1.29 is 14.6 Å². The van der Waals surface area contributed by atoms with Gasteiger partial charge in [0.1, 0.15) is 17.1 Å². The average Bonchev–Trinajstić information content (AvgIpc) is 2.92. The van der Waals surface area contributed by atoms with Gasteiger partial charge in [-0.05, 0) is 29.8 Å². The second-order valence-electron chi connectivity index (χ2n) is 5.16. The highest BCUT2D eigenvalue weighted by molar-refractivity contribution is 5.88. The van der Waals surface area contributed by atoms with Crippen molar-refractivity contribution in [3.63, 3.8) is 0 Å². The van der Waals surface area contributed by atoms with Crippen molar-refractivity contribution in [1.29, 1.82) is 0 Å². The lowest BCUT2D eigenvalue weighted by atomic mass is 10.2. The molecule has 0 saturated heterocycles. The van der Waals surface area contributed by atoms with Crippen molar-refractivity contribution in [2.75, 3.05) is 7.11 Å². The molecule has 118 valence electrons. The van der Waals surface area contributed by atoms with Crippen LogP contribution in [0.15, 0.2) is 36.4 Å². The summed E-state index contributed by atoms with van der Waals surface area (Å²) in [4.78, 5) is 19.9. The van der Waals surface area contributed by atoms with Gasteiger partial charge in [-0.2, -0.15) is 0 Å². The van der Waals surface area contributed by atoms with Crippen molar-refractivity contribution in [3.05, 3.63) is 53.5 Å². The number of methoxy groups -OCH3 is 1. The Bertz CT molecular complexity index is 853. The Balaban J connectivity index is 2.06. The topological polar surface area (TPSA) is 77.2 Å². The first-order valence-corrected chi connectivity index (χ1v) is 7.34. The third kappa shape index (κ3) is 2.88. The van der Waals surface area contributed by atoms with Crippen LogP contribution in [0.1, 0.15) is 28.8 Å². The first kappa shape index (κ1) is 15.0. The lowest BCUT2D eigenvalue weighted by molar-refractivity contribution is 0.0691. The van der Waals surface area contributed by atoms with Crippen molar-refractivity contribution >= 4 is 17.1 Å². The Kier molecular flexibility index (Phi) is 3.97. The number of benzene rings is 1. The molecule has 23 heavy (non-hydrogen) atoms. The van der Waals surface area contributed by atoms with Gasteiger partial charge in [0.05, 0.1) is 13.7 Å². The predicted octanol–water partition coefficient (Wildman–Crippen LogP) is 2.75. The van der Waals surface area contributed by atoms with E-state index < -0.39 is 5.97 Å². The maximum Gasteiger partial charge on any atom is 0.354 e. The number of aryl methyl sites for hydroxylation is 1. The molecule has 6 nitrogen and oxygen atoms in total. The van der Waals surface area contributed by atoms with Crippen LogP contribution in [-0.2, 0) is 13.0 Å². The van der Waals surface area contributed by atoms with Gasteiger partial charge >= 0.3 is 5.97 Å². The predicted molar refractivity (Wildman–Crippen MR) is 86.0 cm³/mol. The summed E-state index contributed by atoms with van der Waals surface area (Å²) in [6.45, 7) is 2.60. The van der Waals surface area contributed by atoms with Crippen molar-refractivity contribution in [1.82, 2.24) is 14.5 Å². The van der Waals surface area contributed by atoms with E-state index in [2.05, 4.69) is 9.97 Å². The van der Waals surface area contributed by atoms with E-state index in [4.69, 9.17) is 9.84 Å². The van der Waals surface area contributed by atoms with Gasteiger partial charge in [-0.3, -0.25) is 0 Å². The zero-order valence-electron chi connectivity index (χ0n) is 13.0. The molecule has 0 aliphatic carbocycles. The van der Waals surface area contributed by atoms with Crippen LogP contribution in [0.25, 0.3) is 11.2 Å². The number of aromatic carboxylic acids is 1. The van der Waals surface area contributed by atoms with E-state index >= 15 is 0 Å². The smallest absolute Gasteiger partial charge is 0.354 e. The molecule has 0 amide bonds. The zero-order valence-corrected chi connectivity index (χ0v) is 13.0. The molecule has 2 heterocycles. The molecule has 3 aromatic rings. The quantitative estimate of drug-likeness (QED) is 0.784. The second-order valence-corrected chi connectivity index (χ2v) is 5.16. The Hall–Kier alpha value is -2.89. The van der Waals surface area contributed by atoms with Crippen LogP contribution < -0.4 is 4.74 Å². The number of carbonyl (C=O) groups is 1. The number of aromatic nitrogens is 3. The average molecular weight is 311 g/mol. The molecule has 0 fully saturated rings. The molecular weight excluding hydrogens is 294 g/mol. The first-order chi connectivity index (χ1) is 11.1. The standard InChI is InChI=1S/C17H17N3O3/c1-3-15-18-13-8-9-14(17(21)22)19-16(13)20(15)10-11-4-6-12(23-2)7-5-11/h4-9H,3,10H2,1-2H3,(H,21,22). The molecule has 0 aliphatic heterocycles. The number of rotatable bonds is 5. The summed E-state index contributed by atoms with van der Waals surface area (Å²) in [6.07, 6.45) is 0.745. The van der Waals surface area contributed by atoms with Crippen LogP contribution in [0.2, 0.25) is 0 Å². The molecule has 3 rings (SSSR count). The summed E-state index contributed by atoms with van der Waals surface area (Å²) in [5.74, 6) is 0.638. The molecule has 1 aromatic carbocycles. The fourth-order valence-corrected chi connectivity index (χ4v) is 2.52. The molecular formula is C17H17N3O3. The number of fused-ring (bicyclic) bond motifs is 1. The molecule has 0 spiro atoms. The van der Waals surface area contributed by atoms with Gasteiger partial charge < -0.3 is 14.4 Å². The number of pyridine rings is 1. The maximum atomic E-state index is 11.2. The molecule has 1 N–H and O–H groups in total. The van der Waals surface area contributed by atoms with Crippen LogP contribution in [-0.4, -0.2) is 32.7 Å². The number of ether oxygens (including phenoxy) is 1. The lowest BCUT2D eigenvalue weighted by Gasteiger charge is -2.09. The number of nitrogens with zero attached hydrogens (tertiary/aromatic N) is 3. The lowest BCUT2D eigenvalue weighted by Crippen LogP contribution is -2.07. The third-order valence-corrected chi connectivity index (χ3v) is 3.71. The van der Waals surface area contributed by atoms with E-state index in [1.54, 1.807) is 13.2 Å². The van der Waals surface area contributed by atoms with Gasteiger partial charge in [-0.15, -0.1) is 0 Å². The summed E-state index contributed by atoms with van der Waals surface area (Å²) in [7, 11) is 1.63. The SMILES string of the molecule is CCc1nc2ccc(C(=O)O)nc2n1Cc1ccc(OC)cc1. The van der Waals surface area contributed by atoms with Crippen LogP contribution in [0.4, 0.5) is 0 Å². The monoisotopic (exact) mass is 311 g/mol. The molecule has 0 saturated carbocycles. The summed E-state index contributed by atoms with van der Waals surface area (Å²) in [5.41, 5.74) is 2.40. The molecule has 0 aliphatic rings. The van der Waals surface area contributed by atoms with E-state index in [1.165, 1.54) is 6.07 Å². The zero-order chi connectivity index (χ0) is 16.4. The molecule has 0 radical (unpaired) electrons. The largest absolute Gasteiger partial charge is 0.497 e. The van der Waals surface area contributed by atoms with E-state index in [-0.39, 0.29) is 5.69 Å². The minimum absolute atomic E-state index is 0.0241. The molecule has 2 aromatic heterocycles. The Morgan fingerprint density at radius 3 is 2.52 bits per heavy atom. The normalized spacial score (nSPS) is 10.9. The highest BCUT2D eigenvalue weighted by Crippen LogP contribution is 2.19. The van der Waals surface area contributed by atoms with Gasteiger partial charge in [0, 0.05) is 6.42 Å². The van der Waals surface area contributed by atoms with E-state index in [1.807, 2.05) is 35.8 Å². The molecule has 0 unspecified atom stereocenters. The number of imidazole rings is 1. The second kappa shape index (κ2) is 6.08. The third-order valence-electron chi connectivity index (χ3n) is 3.71. The minimum atomic E-state index is -1.04. The maximum absolute atomic E-state index is 11.2. The molecule has 6 heteroatoms. The summed E-state index contributed by atoms with van der Waals surface area (Å²) >= 11 is 0. The van der Waals surface area contributed by atoms with Crippen LogP contribution >= 0.6 is 0 Å². The van der Waals surface area contributed by atoms with Crippen molar-refractivity contribution in [2.24, 2.45) is 0 Å². The van der Waals surface area contributed by atoms with Crippen LogP contribution in [0.5, 0.6) is 5.75 Å².